The third-order valence-electron chi connectivity index (χ3n) is 10.8. The summed E-state index contributed by atoms with van der Waals surface area (Å²) in [7, 11) is 0. The van der Waals surface area contributed by atoms with Crippen molar-refractivity contribution in [2.24, 2.45) is 52.3 Å². The molecule has 2 heteroatoms. The summed E-state index contributed by atoms with van der Waals surface area (Å²) in [6, 6.07) is 0. The van der Waals surface area contributed by atoms with Crippen molar-refractivity contribution >= 4 is 11.6 Å². The Morgan fingerprint density at radius 1 is 0.931 bits per heavy atom. The number of aliphatic hydroxyl groups excluding tert-OH is 1. The summed E-state index contributed by atoms with van der Waals surface area (Å²) in [5.41, 5.74) is 0.573. The first-order valence-electron chi connectivity index (χ1n) is 13.1. The Kier molecular flexibility index (Phi) is 6.69. The van der Waals surface area contributed by atoms with E-state index in [1.807, 2.05) is 0 Å². The molecule has 4 aliphatic rings. The largest absolute Gasteiger partial charge is 0.396 e. The Morgan fingerprint density at radius 3 is 2.45 bits per heavy atom. The average molecular weight is 423 g/mol. The maximum Gasteiger partial charge on any atom is 0.0507 e. The third kappa shape index (κ3) is 3.63. The standard InChI is InChI=1S/C27H47ClO/c1-18(2)7-5-8-19(3)22-13-14-23-21-12-11-20-9-6-10-25(28)27(20,17-29)24(21)15-16-26(22,23)4/h18-25,29H,5-17H2,1-4H3/t19-,20?,21+,22-,23+,24+,25?,26-,27+/m1/s1. The summed E-state index contributed by atoms with van der Waals surface area (Å²) in [4.78, 5) is 0. The molecule has 0 aliphatic heterocycles. The van der Waals surface area contributed by atoms with E-state index in [2.05, 4.69) is 27.7 Å². The SMILES string of the molecule is CC(C)CCC[C@@H](C)[C@H]1CC[C@H]2[C@@H]3CCC4CCCC(Cl)[C@]4(CO)[C@H]3CC[C@]12C. The highest BCUT2D eigenvalue weighted by Gasteiger charge is 2.63. The van der Waals surface area contributed by atoms with Gasteiger partial charge in [-0.3, -0.25) is 0 Å². The first kappa shape index (κ1) is 22.4. The number of rotatable bonds is 6. The molecule has 0 radical (unpaired) electrons. The summed E-state index contributed by atoms with van der Waals surface area (Å²) < 4.78 is 0. The Morgan fingerprint density at radius 2 is 1.72 bits per heavy atom. The van der Waals surface area contributed by atoms with Gasteiger partial charge < -0.3 is 5.11 Å². The van der Waals surface area contributed by atoms with Crippen LogP contribution in [0.4, 0.5) is 0 Å². The molecule has 4 rings (SSSR count). The Balaban J connectivity index is 1.51. The highest BCUT2D eigenvalue weighted by molar-refractivity contribution is 6.21. The molecule has 9 atom stereocenters. The number of fused-ring (bicyclic) bond motifs is 5. The minimum absolute atomic E-state index is 0.0328. The van der Waals surface area contributed by atoms with Crippen molar-refractivity contribution in [2.75, 3.05) is 6.61 Å². The van der Waals surface area contributed by atoms with E-state index in [4.69, 9.17) is 11.6 Å². The normalized spacial score (nSPS) is 48.1. The predicted molar refractivity (Wildman–Crippen MR) is 124 cm³/mol. The van der Waals surface area contributed by atoms with Crippen LogP contribution in [0.3, 0.4) is 0 Å². The van der Waals surface area contributed by atoms with E-state index in [0.717, 1.165) is 36.0 Å². The second-order valence-electron chi connectivity index (χ2n) is 12.4. The molecule has 168 valence electrons. The monoisotopic (exact) mass is 422 g/mol. The maximum atomic E-state index is 10.7. The van der Waals surface area contributed by atoms with Crippen LogP contribution in [-0.2, 0) is 0 Å². The zero-order chi connectivity index (χ0) is 20.8. The molecule has 29 heavy (non-hydrogen) atoms. The Labute approximate surface area is 185 Å². The lowest BCUT2D eigenvalue weighted by Gasteiger charge is -2.62. The van der Waals surface area contributed by atoms with E-state index in [1.165, 1.54) is 70.6 Å². The molecule has 1 nitrogen and oxygen atoms in total. The smallest absolute Gasteiger partial charge is 0.0507 e. The molecule has 0 aromatic heterocycles. The molecule has 0 aromatic carbocycles. The molecule has 0 spiro atoms. The van der Waals surface area contributed by atoms with Gasteiger partial charge in [0.1, 0.15) is 0 Å². The van der Waals surface area contributed by atoms with E-state index in [0.29, 0.717) is 23.9 Å². The minimum Gasteiger partial charge on any atom is -0.396 e. The first-order valence-corrected chi connectivity index (χ1v) is 13.5. The average Bonchev–Trinajstić information content (AvgIpc) is 3.04. The number of hydrogen-bond acceptors (Lipinski definition) is 1. The van der Waals surface area contributed by atoms with Gasteiger partial charge in [0.25, 0.3) is 0 Å². The van der Waals surface area contributed by atoms with Gasteiger partial charge in [0.15, 0.2) is 0 Å². The van der Waals surface area contributed by atoms with E-state index < -0.39 is 0 Å². The van der Waals surface area contributed by atoms with Crippen molar-refractivity contribution in [2.45, 2.75) is 110 Å². The van der Waals surface area contributed by atoms with Crippen LogP contribution in [0.5, 0.6) is 0 Å². The van der Waals surface area contributed by atoms with Gasteiger partial charge in [0.2, 0.25) is 0 Å². The summed E-state index contributed by atoms with van der Waals surface area (Å²) in [5, 5.41) is 10.9. The predicted octanol–water partition coefficient (Wildman–Crippen LogP) is 7.69. The fourth-order valence-corrected chi connectivity index (χ4v) is 9.97. The summed E-state index contributed by atoms with van der Waals surface area (Å²) in [6.07, 6.45) is 16.3. The fourth-order valence-electron chi connectivity index (χ4n) is 9.41. The van der Waals surface area contributed by atoms with Gasteiger partial charge in [-0.15, -0.1) is 11.6 Å². The summed E-state index contributed by atoms with van der Waals surface area (Å²) >= 11 is 7.05. The van der Waals surface area contributed by atoms with Crippen LogP contribution in [0, 0.1) is 52.3 Å². The van der Waals surface area contributed by atoms with Crippen LogP contribution >= 0.6 is 11.6 Å². The quantitative estimate of drug-likeness (QED) is 0.435. The van der Waals surface area contributed by atoms with Crippen LogP contribution < -0.4 is 0 Å². The molecule has 0 heterocycles. The van der Waals surface area contributed by atoms with Crippen LogP contribution in [0.1, 0.15) is 105 Å². The van der Waals surface area contributed by atoms with Gasteiger partial charge >= 0.3 is 0 Å². The molecular formula is C27H47ClO. The van der Waals surface area contributed by atoms with Crippen molar-refractivity contribution in [1.29, 1.82) is 0 Å². The number of aliphatic hydroxyl groups is 1. The van der Waals surface area contributed by atoms with E-state index in [-0.39, 0.29) is 10.8 Å². The van der Waals surface area contributed by atoms with Gasteiger partial charge in [0, 0.05) is 10.8 Å². The van der Waals surface area contributed by atoms with E-state index in [1.54, 1.807) is 0 Å². The number of alkyl halides is 1. The van der Waals surface area contributed by atoms with Gasteiger partial charge in [0.05, 0.1) is 6.61 Å². The van der Waals surface area contributed by atoms with E-state index >= 15 is 0 Å². The van der Waals surface area contributed by atoms with Crippen LogP contribution in [0.25, 0.3) is 0 Å². The van der Waals surface area contributed by atoms with Crippen molar-refractivity contribution in [3.05, 3.63) is 0 Å². The lowest BCUT2D eigenvalue weighted by atomic mass is 9.44. The fraction of sp³-hybridized carbons (Fsp3) is 1.00. The maximum absolute atomic E-state index is 10.7. The highest BCUT2D eigenvalue weighted by atomic mass is 35.5. The van der Waals surface area contributed by atoms with Crippen LogP contribution in [0.15, 0.2) is 0 Å². The highest BCUT2D eigenvalue weighted by Crippen LogP contribution is 2.68. The lowest BCUT2D eigenvalue weighted by molar-refractivity contribution is -0.139. The molecular weight excluding hydrogens is 376 g/mol. The Bertz CT molecular complexity index is 561. The van der Waals surface area contributed by atoms with Crippen molar-refractivity contribution in [3.8, 4) is 0 Å². The summed E-state index contributed by atoms with van der Waals surface area (Å²) in [6.45, 7) is 10.3. The molecule has 0 saturated heterocycles. The second kappa shape index (κ2) is 8.65. The molecule has 4 fully saturated rings. The Hall–Kier alpha value is 0.250. The van der Waals surface area contributed by atoms with Gasteiger partial charge in [-0.1, -0.05) is 53.4 Å². The minimum atomic E-state index is 0.0328. The van der Waals surface area contributed by atoms with E-state index in [9.17, 15) is 5.11 Å². The van der Waals surface area contributed by atoms with Crippen molar-refractivity contribution in [1.82, 2.24) is 0 Å². The van der Waals surface area contributed by atoms with Gasteiger partial charge in [-0.2, -0.15) is 0 Å². The molecule has 1 N–H and O–H groups in total. The molecule has 0 aromatic rings. The lowest BCUT2D eigenvalue weighted by Crippen LogP contribution is -2.59. The molecule has 0 amide bonds. The first-order chi connectivity index (χ1) is 13.8. The van der Waals surface area contributed by atoms with Crippen LogP contribution in [0.2, 0.25) is 0 Å². The van der Waals surface area contributed by atoms with Gasteiger partial charge in [-0.05, 0) is 98.2 Å². The van der Waals surface area contributed by atoms with Crippen molar-refractivity contribution in [3.63, 3.8) is 0 Å². The second-order valence-corrected chi connectivity index (χ2v) is 12.9. The molecule has 2 unspecified atom stereocenters. The zero-order valence-corrected chi connectivity index (χ0v) is 20.4. The topological polar surface area (TPSA) is 20.2 Å². The zero-order valence-electron chi connectivity index (χ0n) is 19.6. The van der Waals surface area contributed by atoms with Gasteiger partial charge in [-0.25, -0.2) is 0 Å². The number of hydrogen-bond donors (Lipinski definition) is 1. The summed E-state index contributed by atoms with van der Waals surface area (Å²) in [5.74, 6) is 5.70. The number of halogens is 1. The molecule has 4 aliphatic carbocycles. The third-order valence-corrected chi connectivity index (χ3v) is 11.4. The molecule has 0 bridgehead atoms. The molecule has 4 saturated carbocycles. The van der Waals surface area contributed by atoms with Crippen molar-refractivity contribution < 1.29 is 5.11 Å². The van der Waals surface area contributed by atoms with Crippen LogP contribution in [-0.4, -0.2) is 17.1 Å².